The summed E-state index contributed by atoms with van der Waals surface area (Å²) in [5, 5.41) is 10.4. The van der Waals surface area contributed by atoms with Crippen LogP contribution in [0.5, 0.6) is 11.5 Å². The summed E-state index contributed by atoms with van der Waals surface area (Å²) in [6.07, 6.45) is 1.67. The van der Waals surface area contributed by atoms with Crippen molar-refractivity contribution in [1.29, 1.82) is 5.26 Å². The first-order valence-electron chi connectivity index (χ1n) is 12.2. The molecular formula is C31H27ClN2O4. The van der Waals surface area contributed by atoms with Crippen molar-refractivity contribution in [2.24, 2.45) is 0 Å². The number of nitriles is 1. The Hall–Kier alpha value is -4.34. The highest BCUT2D eigenvalue weighted by molar-refractivity contribution is 6.31. The molecule has 1 aliphatic heterocycles. The van der Waals surface area contributed by atoms with Gasteiger partial charge in [0.1, 0.15) is 18.2 Å². The van der Waals surface area contributed by atoms with Gasteiger partial charge in [-0.2, -0.15) is 5.26 Å². The van der Waals surface area contributed by atoms with Gasteiger partial charge in [-0.25, -0.2) is 0 Å². The molecule has 6 nitrogen and oxygen atoms in total. The zero-order valence-electron chi connectivity index (χ0n) is 21.4. The lowest BCUT2D eigenvalue weighted by atomic mass is 9.91. The average Bonchev–Trinajstić information content (AvgIpc) is 2.92. The van der Waals surface area contributed by atoms with E-state index in [1.165, 1.54) is 0 Å². The molecule has 4 rings (SSSR count). The standard InChI is InChI=1S/C31H27ClN2O4/c1-4-37-29-17-22(14-15-28(29)38-19-24-12-8-9-13-27(24)32)16-25-20(2)26(18-33)31(36)34(30(25)35)21(3)23-10-6-5-7-11-23/h5-17,21H,4,19H2,1-3H3/b25-16+. The number of nitrogens with zero attached hydrogens (tertiary/aromatic N) is 2. The largest absolute Gasteiger partial charge is 0.490 e. The molecule has 0 aliphatic carbocycles. The van der Waals surface area contributed by atoms with Gasteiger partial charge in [0.05, 0.1) is 12.6 Å². The Morgan fingerprint density at radius 3 is 2.37 bits per heavy atom. The summed E-state index contributed by atoms with van der Waals surface area (Å²) in [7, 11) is 0. The number of hydrogen-bond acceptors (Lipinski definition) is 5. The van der Waals surface area contributed by atoms with Gasteiger partial charge in [0, 0.05) is 16.2 Å². The van der Waals surface area contributed by atoms with E-state index in [-0.39, 0.29) is 17.8 Å². The van der Waals surface area contributed by atoms with Crippen LogP contribution < -0.4 is 9.47 Å². The maximum absolute atomic E-state index is 13.6. The topological polar surface area (TPSA) is 79.6 Å². The van der Waals surface area contributed by atoms with Gasteiger partial charge >= 0.3 is 0 Å². The summed E-state index contributed by atoms with van der Waals surface area (Å²) in [6, 6.07) is 23.5. The van der Waals surface area contributed by atoms with Gasteiger partial charge in [-0.05, 0) is 61.7 Å². The van der Waals surface area contributed by atoms with Crippen LogP contribution >= 0.6 is 11.6 Å². The van der Waals surface area contributed by atoms with E-state index in [0.29, 0.717) is 34.3 Å². The molecular weight excluding hydrogens is 500 g/mol. The van der Waals surface area contributed by atoms with E-state index in [1.807, 2.05) is 61.5 Å². The van der Waals surface area contributed by atoms with E-state index in [9.17, 15) is 14.9 Å². The molecule has 7 heteroatoms. The number of carbonyl (C=O) groups excluding carboxylic acids is 2. The highest BCUT2D eigenvalue weighted by Crippen LogP contribution is 2.35. The monoisotopic (exact) mass is 526 g/mol. The highest BCUT2D eigenvalue weighted by atomic mass is 35.5. The molecule has 1 aliphatic rings. The molecule has 1 unspecified atom stereocenters. The van der Waals surface area contributed by atoms with Crippen molar-refractivity contribution >= 4 is 29.5 Å². The number of ether oxygens (including phenoxy) is 2. The van der Waals surface area contributed by atoms with Crippen LogP contribution in [0.3, 0.4) is 0 Å². The van der Waals surface area contributed by atoms with E-state index in [0.717, 1.165) is 16.0 Å². The molecule has 0 saturated heterocycles. The quantitative estimate of drug-likeness (QED) is 0.242. The van der Waals surface area contributed by atoms with Gasteiger partial charge in [0.25, 0.3) is 11.8 Å². The second-order valence-electron chi connectivity index (χ2n) is 8.76. The summed E-state index contributed by atoms with van der Waals surface area (Å²) in [6.45, 7) is 5.94. The van der Waals surface area contributed by atoms with Crippen LogP contribution in [0.4, 0.5) is 0 Å². The fourth-order valence-electron chi connectivity index (χ4n) is 4.27. The normalized spacial score (nSPS) is 15.4. The third-order valence-corrected chi connectivity index (χ3v) is 6.73. The molecule has 0 saturated carbocycles. The predicted molar refractivity (Wildman–Crippen MR) is 146 cm³/mol. The Bertz CT molecular complexity index is 1470. The lowest BCUT2D eigenvalue weighted by Crippen LogP contribution is -2.44. The lowest BCUT2D eigenvalue weighted by molar-refractivity contribution is -0.143. The predicted octanol–water partition coefficient (Wildman–Crippen LogP) is 6.67. The Balaban J connectivity index is 1.69. The smallest absolute Gasteiger partial charge is 0.272 e. The number of halogens is 1. The van der Waals surface area contributed by atoms with Crippen LogP contribution in [-0.2, 0) is 16.2 Å². The molecule has 38 heavy (non-hydrogen) atoms. The molecule has 0 radical (unpaired) electrons. The average molecular weight is 527 g/mol. The highest BCUT2D eigenvalue weighted by Gasteiger charge is 2.38. The Morgan fingerprint density at radius 2 is 1.68 bits per heavy atom. The SMILES string of the molecule is CCOc1cc(/C=C2/C(=O)N(C(C)c3ccccc3)C(=O)C(C#N)=C2C)ccc1OCc1ccccc1Cl. The van der Waals surface area contributed by atoms with E-state index in [2.05, 4.69) is 0 Å². The van der Waals surface area contributed by atoms with Crippen molar-refractivity contribution < 1.29 is 19.1 Å². The summed E-state index contributed by atoms with van der Waals surface area (Å²) in [5.41, 5.74) is 2.87. The minimum absolute atomic E-state index is 0.0524. The van der Waals surface area contributed by atoms with E-state index in [4.69, 9.17) is 21.1 Å². The Labute approximate surface area is 227 Å². The molecule has 0 aromatic heterocycles. The van der Waals surface area contributed by atoms with Crippen LogP contribution in [0.1, 0.15) is 43.5 Å². The zero-order chi connectivity index (χ0) is 27.2. The van der Waals surface area contributed by atoms with Crippen molar-refractivity contribution in [1.82, 2.24) is 4.90 Å². The number of rotatable bonds is 8. The van der Waals surface area contributed by atoms with E-state index >= 15 is 0 Å². The van der Waals surface area contributed by atoms with E-state index in [1.54, 1.807) is 44.2 Å². The van der Waals surface area contributed by atoms with Gasteiger partial charge < -0.3 is 9.47 Å². The van der Waals surface area contributed by atoms with E-state index < -0.39 is 17.9 Å². The van der Waals surface area contributed by atoms with Crippen molar-refractivity contribution in [3.63, 3.8) is 0 Å². The fraction of sp³-hybridized carbons (Fsp3) is 0.194. The van der Waals surface area contributed by atoms with Gasteiger partial charge in [-0.15, -0.1) is 0 Å². The molecule has 0 fully saturated rings. The molecule has 0 N–H and O–H groups in total. The Kier molecular flexibility index (Phi) is 8.30. The summed E-state index contributed by atoms with van der Waals surface area (Å²) in [5.74, 6) is -0.0186. The molecule has 3 aromatic carbocycles. The molecule has 0 bridgehead atoms. The second kappa shape index (κ2) is 11.8. The number of carbonyl (C=O) groups is 2. The second-order valence-corrected chi connectivity index (χ2v) is 9.16. The lowest BCUT2D eigenvalue weighted by Gasteiger charge is -2.32. The summed E-state index contributed by atoms with van der Waals surface area (Å²) in [4.78, 5) is 27.9. The first-order chi connectivity index (χ1) is 18.3. The Morgan fingerprint density at radius 1 is 0.974 bits per heavy atom. The van der Waals surface area contributed by atoms with Crippen LogP contribution in [-0.4, -0.2) is 23.3 Å². The number of imide groups is 1. The molecule has 2 amide bonds. The van der Waals surface area contributed by atoms with Crippen molar-refractivity contribution in [2.45, 2.75) is 33.4 Å². The minimum Gasteiger partial charge on any atom is -0.490 e. The first kappa shape index (κ1) is 26.7. The van der Waals surface area contributed by atoms with Crippen molar-refractivity contribution in [3.05, 3.63) is 111 Å². The summed E-state index contributed by atoms with van der Waals surface area (Å²) < 4.78 is 11.8. The molecule has 192 valence electrons. The third-order valence-electron chi connectivity index (χ3n) is 6.36. The summed E-state index contributed by atoms with van der Waals surface area (Å²) >= 11 is 6.25. The fourth-order valence-corrected chi connectivity index (χ4v) is 4.46. The van der Waals surface area contributed by atoms with Crippen LogP contribution in [0.15, 0.2) is 89.5 Å². The molecule has 1 heterocycles. The zero-order valence-corrected chi connectivity index (χ0v) is 22.2. The number of benzene rings is 3. The van der Waals surface area contributed by atoms with Crippen molar-refractivity contribution in [3.8, 4) is 17.6 Å². The van der Waals surface area contributed by atoms with Crippen LogP contribution in [0, 0.1) is 11.3 Å². The maximum atomic E-state index is 13.6. The molecule has 1 atom stereocenters. The third kappa shape index (κ3) is 5.49. The molecule has 3 aromatic rings. The first-order valence-corrected chi connectivity index (χ1v) is 12.6. The van der Waals surface area contributed by atoms with Gasteiger partial charge in [-0.1, -0.05) is 66.2 Å². The van der Waals surface area contributed by atoms with Crippen molar-refractivity contribution in [2.75, 3.05) is 6.61 Å². The minimum atomic E-state index is -0.596. The van der Waals surface area contributed by atoms with Gasteiger partial charge in [-0.3, -0.25) is 14.5 Å². The van der Waals surface area contributed by atoms with Gasteiger partial charge in [0.2, 0.25) is 0 Å². The number of amides is 2. The van der Waals surface area contributed by atoms with Gasteiger partial charge in [0.15, 0.2) is 11.5 Å². The van der Waals surface area contributed by atoms with Crippen LogP contribution in [0.25, 0.3) is 6.08 Å². The maximum Gasteiger partial charge on any atom is 0.272 e. The number of hydrogen-bond donors (Lipinski definition) is 0. The van der Waals surface area contributed by atoms with Crippen LogP contribution in [0.2, 0.25) is 5.02 Å². The molecule has 0 spiro atoms.